The van der Waals surface area contributed by atoms with E-state index in [2.05, 4.69) is 5.73 Å². The van der Waals surface area contributed by atoms with Gasteiger partial charge in [0.1, 0.15) is 5.28 Å². The van der Waals surface area contributed by atoms with E-state index in [9.17, 15) is 14.4 Å². The van der Waals surface area contributed by atoms with E-state index >= 15 is 0 Å². The smallest absolute Gasteiger partial charge is 0.142 e. The normalized spacial score (nSPS) is 16.6. The topological polar surface area (TPSA) is 90.8 Å². The molecule has 5 heteroatoms. The van der Waals surface area contributed by atoms with E-state index in [0.29, 0.717) is 5.56 Å². The Kier molecular flexibility index (Phi) is 2.59. The average molecular weight is 200 g/mol. The van der Waals surface area contributed by atoms with Gasteiger partial charge in [0.2, 0.25) is 0 Å². The van der Waals surface area contributed by atoms with Crippen molar-refractivity contribution < 1.29 is 20.1 Å². The molecule has 4 nitrogen and oxygen atoms in total. The summed E-state index contributed by atoms with van der Waals surface area (Å²) >= 11 is 0. The maximum absolute atomic E-state index is 10.9. The quantitative estimate of drug-likeness (QED) is 0.621. The largest absolute Gasteiger partial charge is 0.806 e. The van der Waals surface area contributed by atoms with Crippen molar-refractivity contribution in [2.75, 3.05) is 0 Å². The Morgan fingerprint density at radius 3 is 2.15 bits per heavy atom. The predicted molar refractivity (Wildman–Crippen MR) is 44.3 cm³/mol. The third-order valence-electron chi connectivity index (χ3n) is 2.00. The van der Waals surface area contributed by atoms with E-state index in [-0.39, 0.29) is 0 Å². The van der Waals surface area contributed by atoms with Crippen LogP contribution in [-0.4, -0.2) is 0 Å². The zero-order valence-corrected chi connectivity index (χ0v) is 8.16. The van der Waals surface area contributed by atoms with Gasteiger partial charge in [0.25, 0.3) is 0 Å². The van der Waals surface area contributed by atoms with Crippen molar-refractivity contribution in [3.8, 4) is 0 Å². The molecular formula is C8H11NO3P-. The van der Waals surface area contributed by atoms with Gasteiger partial charge in [-0.3, -0.25) is 0 Å². The van der Waals surface area contributed by atoms with Crippen LogP contribution in [0, 0.1) is 0 Å². The molecule has 1 atom stereocenters. The molecule has 1 aromatic carbocycles. The third kappa shape index (κ3) is 1.98. The lowest BCUT2D eigenvalue weighted by Gasteiger charge is -2.41. The predicted octanol–water partition coefficient (Wildman–Crippen LogP) is -0.985. The van der Waals surface area contributed by atoms with Crippen molar-refractivity contribution >= 4 is 7.60 Å². The molecule has 0 saturated heterocycles. The Labute approximate surface area is 76.6 Å². The molecule has 0 heterocycles. The Morgan fingerprint density at radius 2 is 1.77 bits per heavy atom. The molecule has 0 amide bonds. The summed E-state index contributed by atoms with van der Waals surface area (Å²) in [6.45, 7) is 1.31. The van der Waals surface area contributed by atoms with Gasteiger partial charge >= 0.3 is 0 Å². The van der Waals surface area contributed by atoms with Crippen molar-refractivity contribution in [2.24, 2.45) is 0 Å². The minimum atomic E-state index is -4.70. The maximum Gasteiger partial charge on any atom is 0.142 e. The summed E-state index contributed by atoms with van der Waals surface area (Å²) in [6, 6.07) is 8.26. The zero-order valence-electron chi connectivity index (χ0n) is 7.27. The highest BCUT2D eigenvalue weighted by Gasteiger charge is 2.29. The van der Waals surface area contributed by atoms with Crippen LogP contribution < -0.4 is 15.5 Å². The summed E-state index contributed by atoms with van der Waals surface area (Å²) in [5, 5.41) is -1.58. The van der Waals surface area contributed by atoms with Crippen LogP contribution >= 0.6 is 7.60 Å². The summed E-state index contributed by atoms with van der Waals surface area (Å²) in [7, 11) is -4.70. The molecule has 0 aliphatic rings. The van der Waals surface area contributed by atoms with E-state index < -0.39 is 12.9 Å². The highest BCUT2D eigenvalue weighted by molar-refractivity contribution is 7.49. The number of rotatable bonds is 2. The minimum Gasteiger partial charge on any atom is -0.806 e. The lowest BCUT2D eigenvalue weighted by atomic mass is 10.1. The fraction of sp³-hybridized carbons (Fsp3) is 0.250. The molecule has 0 fully saturated rings. The first-order valence-electron chi connectivity index (χ1n) is 3.79. The molecule has 13 heavy (non-hydrogen) atoms. The van der Waals surface area contributed by atoms with Crippen molar-refractivity contribution in [2.45, 2.75) is 12.2 Å². The molecule has 3 N–H and O–H groups in total. The summed E-state index contributed by atoms with van der Waals surface area (Å²) in [6.07, 6.45) is 0. The van der Waals surface area contributed by atoms with E-state index in [1.54, 1.807) is 30.3 Å². The number of hydrogen-bond acceptors (Lipinski definition) is 3. The summed E-state index contributed by atoms with van der Waals surface area (Å²) in [5.41, 5.74) is 3.84. The van der Waals surface area contributed by atoms with Crippen LogP contribution in [0.4, 0.5) is 0 Å². The van der Waals surface area contributed by atoms with Crippen LogP contribution in [0.1, 0.15) is 12.5 Å². The van der Waals surface area contributed by atoms with Crippen molar-refractivity contribution in [1.29, 1.82) is 0 Å². The molecule has 0 aromatic heterocycles. The second-order valence-electron chi connectivity index (χ2n) is 3.14. The Balaban J connectivity index is 3.16. The first-order valence-corrected chi connectivity index (χ1v) is 5.33. The lowest BCUT2D eigenvalue weighted by Crippen LogP contribution is -2.70. The molecular weight excluding hydrogens is 189 g/mol. The second-order valence-corrected chi connectivity index (χ2v) is 5.12. The Morgan fingerprint density at radius 1 is 1.31 bits per heavy atom. The fourth-order valence-electron chi connectivity index (χ4n) is 0.955. The molecule has 1 rings (SSSR count). The van der Waals surface area contributed by atoms with Gasteiger partial charge in [-0.05, 0) is 6.92 Å². The van der Waals surface area contributed by atoms with Gasteiger partial charge in [-0.2, -0.15) is 0 Å². The minimum absolute atomic E-state index is 0.420. The molecule has 1 aromatic rings. The summed E-state index contributed by atoms with van der Waals surface area (Å²) in [5.74, 6) is 0. The molecule has 0 spiro atoms. The zero-order chi connectivity index (χ0) is 10.1. The van der Waals surface area contributed by atoms with E-state index in [4.69, 9.17) is 0 Å². The van der Waals surface area contributed by atoms with Gasteiger partial charge < -0.3 is 20.1 Å². The standard InChI is InChI=1S/C8H12NO3P/c1-8(9,13(10,11)12)7-5-3-2-4-6-7/h2-6H,9H2,1H3,(H2,10,11,12)/p-1/t8-/m1/s1. The van der Waals surface area contributed by atoms with Gasteiger partial charge in [0, 0.05) is 13.2 Å². The van der Waals surface area contributed by atoms with Crippen molar-refractivity contribution in [3.05, 3.63) is 35.9 Å². The Bertz CT molecular complexity index is 331. The molecule has 0 aliphatic heterocycles. The molecule has 72 valence electrons. The maximum atomic E-state index is 10.9. The van der Waals surface area contributed by atoms with E-state index in [1.807, 2.05) is 0 Å². The van der Waals surface area contributed by atoms with Gasteiger partial charge in [0.15, 0.2) is 0 Å². The average Bonchev–Trinajstić information content (AvgIpc) is 2.04. The van der Waals surface area contributed by atoms with Gasteiger partial charge in [0.05, 0.1) is 0 Å². The van der Waals surface area contributed by atoms with Crippen molar-refractivity contribution in [3.63, 3.8) is 0 Å². The molecule has 0 saturated carbocycles. The van der Waals surface area contributed by atoms with Gasteiger partial charge in [-0.15, -0.1) is 0 Å². The van der Waals surface area contributed by atoms with Crippen LogP contribution in [0.2, 0.25) is 0 Å². The third-order valence-corrected chi connectivity index (χ3v) is 3.47. The molecule has 0 aliphatic carbocycles. The summed E-state index contributed by atoms with van der Waals surface area (Å²) < 4.78 is 10.9. The van der Waals surface area contributed by atoms with Crippen LogP contribution in [0.3, 0.4) is 0 Å². The van der Waals surface area contributed by atoms with Crippen LogP contribution in [0.5, 0.6) is 0 Å². The first kappa shape index (κ1) is 10.4. The van der Waals surface area contributed by atoms with Crippen LogP contribution in [0.25, 0.3) is 0 Å². The van der Waals surface area contributed by atoms with E-state index in [0.717, 1.165) is 0 Å². The molecule has 0 bridgehead atoms. The first-order chi connectivity index (χ1) is 5.86. The number of hydrogen-bond donors (Lipinski definition) is 1. The number of quaternary nitrogens is 1. The van der Waals surface area contributed by atoms with Crippen LogP contribution in [-0.2, 0) is 9.85 Å². The highest BCUT2D eigenvalue weighted by atomic mass is 31.2. The number of benzene rings is 1. The second kappa shape index (κ2) is 3.24. The van der Waals surface area contributed by atoms with Crippen molar-refractivity contribution in [1.82, 2.24) is 0 Å². The monoisotopic (exact) mass is 200 g/mol. The summed E-state index contributed by atoms with van der Waals surface area (Å²) in [4.78, 5) is 21.7. The Hall–Kier alpha value is -0.670. The molecule has 0 unspecified atom stereocenters. The fourth-order valence-corrected chi connectivity index (χ4v) is 1.42. The SMILES string of the molecule is C[C@]([NH3+])(c1ccccc1)P(=O)([O-])[O-]. The van der Waals surface area contributed by atoms with Gasteiger partial charge in [-0.25, -0.2) is 0 Å². The van der Waals surface area contributed by atoms with E-state index in [1.165, 1.54) is 6.92 Å². The van der Waals surface area contributed by atoms with Gasteiger partial charge in [-0.1, -0.05) is 30.3 Å². The highest BCUT2D eigenvalue weighted by Crippen LogP contribution is 2.43. The molecule has 0 radical (unpaired) electrons. The lowest BCUT2D eigenvalue weighted by molar-refractivity contribution is -0.479. The van der Waals surface area contributed by atoms with Crippen LogP contribution in [0.15, 0.2) is 30.3 Å².